The molecule has 1 rings (SSSR count). The quantitative estimate of drug-likeness (QED) is 0.709. The highest BCUT2D eigenvalue weighted by Crippen LogP contribution is 2.30. The minimum absolute atomic E-state index is 0.258. The van der Waals surface area contributed by atoms with E-state index in [1.807, 2.05) is 0 Å². The summed E-state index contributed by atoms with van der Waals surface area (Å²) in [5.41, 5.74) is 6.42. The fraction of sp³-hybridized carbons (Fsp3) is 1.00. The normalized spacial score (nSPS) is 20.8. The van der Waals surface area contributed by atoms with Crippen LogP contribution in [-0.2, 0) is 0 Å². The maximum Gasteiger partial charge on any atom is 0.0358 e. The molecule has 0 aromatic rings. The molecular weight excluding hydrogens is 222 g/mol. The van der Waals surface area contributed by atoms with Crippen molar-refractivity contribution in [1.29, 1.82) is 0 Å². The molecule has 0 aromatic heterocycles. The van der Waals surface area contributed by atoms with Gasteiger partial charge in [-0.3, -0.25) is 4.90 Å². The Morgan fingerprint density at radius 3 is 2.28 bits per heavy atom. The maximum atomic E-state index is 6.17. The number of piperidine rings is 1. The van der Waals surface area contributed by atoms with Crippen molar-refractivity contribution in [3.63, 3.8) is 0 Å². The average Bonchev–Trinajstić information content (AvgIpc) is 2.36. The van der Waals surface area contributed by atoms with Crippen LogP contribution in [-0.4, -0.2) is 54.6 Å². The highest BCUT2D eigenvalue weighted by Gasteiger charge is 2.38. The number of nitrogens with two attached hydrogens (primary N) is 1. The van der Waals surface area contributed by atoms with E-state index in [1.165, 1.54) is 51.7 Å². The zero-order chi connectivity index (χ0) is 13.6. The molecule has 0 atom stereocenters. The van der Waals surface area contributed by atoms with Crippen LogP contribution in [0.5, 0.6) is 0 Å². The summed E-state index contributed by atoms with van der Waals surface area (Å²) in [7, 11) is 2.22. The standard InChI is InChI=1S/C15H33N3/c1-5-6-7-10-18(14(2)3)15(13-16)8-11-17(4)12-9-15/h14H,5-13,16H2,1-4H3. The van der Waals surface area contributed by atoms with Gasteiger partial charge in [0.2, 0.25) is 0 Å². The summed E-state index contributed by atoms with van der Waals surface area (Å²) in [6.07, 6.45) is 6.40. The van der Waals surface area contributed by atoms with E-state index in [1.54, 1.807) is 0 Å². The van der Waals surface area contributed by atoms with Crippen LogP contribution in [0.25, 0.3) is 0 Å². The first kappa shape index (κ1) is 15.9. The van der Waals surface area contributed by atoms with E-state index >= 15 is 0 Å². The molecule has 2 N–H and O–H groups in total. The first-order valence-electron chi connectivity index (χ1n) is 7.71. The van der Waals surface area contributed by atoms with Gasteiger partial charge in [-0.2, -0.15) is 0 Å². The minimum atomic E-state index is 0.258. The minimum Gasteiger partial charge on any atom is -0.329 e. The molecule has 1 aliphatic heterocycles. The van der Waals surface area contributed by atoms with Crippen LogP contribution in [0.15, 0.2) is 0 Å². The van der Waals surface area contributed by atoms with Gasteiger partial charge in [0.05, 0.1) is 0 Å². The van der Waals surface area contributed by atoms with Crippen LogP contribution in [0.3, 0.4) is 0 Å². The van der Waals surface area contributed by atoms with Gasteiger partial charge in [0.25, 0.3) is 0 Å². The van der Waals surface area contributed by atoms with E-state index in [0.717, 1.165) is 6.54 Å². The number of likely N-dealkylation sites (tertiary alicyclic amines) is 1. The van der Waals surface area contributed by atoms with Gasteiger partial charge in [-0.05, 0) is 59.8 Å². The van der Waals surface area contributed by atoms with Crippen LogP contribution >= 0.6 is 0 Å². The molecule has 0 saturated carbocycles. The highest BCUT2D eigenvalue weighted by molar-refractivity contribution is 4.97. The van der Waals surface area contributed by atoms with Crippen LogP contribution in [0.4, 0.5) is 0 Å². The van der Waals surface area contributed by atoms with Crippen molar-refractivity contribution in [3.05, 3.63) is 0 Å². The third kappa shape index (κ3) is 3.94. The second-order valence-corrected chi connectivity index (χ2v) is 6.23. The summed E-state index contributed by atoms with van der Waals surface area (Å²) in [5, 5.41) is 0. The van der Waals surface area contributed by atoms with Crippen LogP contribution in [0, 0.1) is 0 Å². The van der Waals surface area contributed by atoms with Crippen molar-refractivity contribution < 1.29 is 0 Å². The van der Waals surface area contributed by atoms with E-state index in [4.69, 9.17) is 5.73 Å². The highest BCUT2D eigenvalue weighted by atomic mass is 15.3. The SMILES string of the molecule is CCCCCN(C(C)C)C1(CN)CCN(C)CC1. The van der Waals surface area contributed by atoms with Gasteiger partial charge >= 0.3 is 0 Å². The van der Waals surface area contributed by atoms with Gasteiger partial charge in [0.15, 0.2) is 0 Å². The van der Waals surface area contributed by atoms with Crippen LogP contribution in [0.2, 0.25) is 0 Å². The summed E-state index contributed by atoms with van der Waals surface area (Å²) in [6.45, 7) is 11.3. The fourth-order valence-electron chi connectivity index (χ4n) is 3.22. The van der Waals surface area contributed by atoms with E-state index < -0.39 is 0 Å². The molecule has 18 heavy (non-hydrogen) atoms. The predicted molar refractivity (Wildman–Crippen MR) is 79.9 cm³/mol. The summed E-state index contributed by atoms with van der Waals surface area (Å²) in [4.78, 5) is 5.12. The second-order valence-electron chi connectivity index (χ2n) is 6.23. The lowest BCUT2D eigenvalue weighted by Crippen LogP contribution is -2.61. The third-order valence-electron chi connectivity index (χ3n) is 4.53. The molecule has 0 amide bonds. The van der Waals surface area contributed by atoms with Gasteiger partial charge in [-0.1, -0.05) is 19.8 Å². The molecular formula is C15H33N3. The van der Waals surface area contributed by atoms with Crippen molar-refractivity contribution >= 4 is 0 Å². The van der Waals surface area contributed by atoms with Crippen molar-refractivity contribution in [2.24, 2.45) is 5.73 Å². The van der Waals surface area contributed by atoms with E-state index in [0.29, 0.717) is 6.04 Å². The van der Waals surface area contributed by atoms with E-state index in [2.05, 4.69) is 37.6 Å². The van der Waals surface area contributed by atoms with E-state index in [-0.39, 0.29) is 5.54 Å². The Labute approximate surface area is 114 Å². The maximum absolute atomic E-state index is 6.17. The Bertz CT molecular complexity index is 220. The predicted octanol–water partition coefficient (Wildman–Crippen LogP) is 2.31. The molecule has 1 saturated heterocycles. The van der Waals surface area contributed by atoms with Crippen LogP contribution in [0.1, 0.15) is 52.9 Å². The molecule has 108 valence electrons. The molecule has 0 spiro atoms. The molecule has 0 unspecified atom stereocenters. The molecule has 1 heterocycles. The Morgan fingerprint density at radius 2 is 1.83 bits per heavy atom. The van der Waals surface area contributed by atoms with Crippen molar-refractivity contribution in [1.82, 2.24) is 9.80 Å². The first-order chi connectivity index (χ1) is 8.55. The smallest absolute Gasteiger partial charge is 0.0358 e. The lowest BCUT2D eigenvalue weighted by atomic mass is 9.84. The fourth-order valence-corrected chi connectivity index (χ4v) is 3.22. The zero-order valence-corrected chi connectivity index (χ0v) is 12.9. The van der Waals surface area contributed by atoms with Crippen molar-refractivity contribution in [2.75, 3.05) is 33.2 Å². The second kappa shape index (κ2) is 7.46. The summed E-state index contributed by atoms with van der Waals surface area (Å²) in [5.74, 6) is 0. The Kier molecular flexibility index (Phi) is 6.61. The monoisotopic (exact) mass is 255 g/mol. The van der Waals surface area contributed by atoms with Crippen molar-refractivity contribution in [2.45, 2.75) is 64.5 Å². The summed E-state index contributed by atoms with van der Waals surface area (Å²) < 4.78 is 0. The molecule has 0 radical (unpaired) electrons. The van der Waals surface area contributed by atoms with Gasteiger partial charge < -0.3 is 10.6 Å². The summed E-state index contributed by atoms with van der Waals surface area (Å²) >= 11 is 0. The third-order valence-corrected chi connectivity index (χ3v) is 4.53. The first-order valence-corrected chi connectivity index (χ1v) is 7.71. The number of rotatable bonds is 7. The lowest BCUT2D eigenvalue weighted by molar-refractivity contribution is 0.0101. The van der Waals surface area contributed by atoms with Gasteiger partial charge in [0.1, 0.15) is 0 Å². The number of nitrogens with zero attached hydrogens (tertiary/aromatic N) is 2. The lowest BCUT2D eigenvalue weighted by Gasteiger charge is -2.50. The topological polar surface area (TPSA) is 32.5 Å². The summed E-state index contributed by atoms with van der Waals surface area (Å²) in [6, 6.07) is 0.605. The average molecular weight is 255 g/mol. The molecule has 1 fully saturated rings. The van der Waals surface area contributed by atoms with Gasteiger partial charge in [-0.15, -0.1) is 0 Å². The van der Waals surface area contributed by atoms with Gasteiger partial charge in [-0.25, -0.2) is 0 Å². The Balaban J connectivity index is 2.67. The number of hydrogen-bond acceptors (Lipinski definition) is 3. The number of hydrogen-bond donors (Lipinski definition) is 1. The van der Waals surface area contributed by atoms with Crippen molar-refractivity contribution in [3.8, 4) is 0 Å². The molecule has 3 heteroatoms. The van der Waals surface area contributed by atoms with E-state index in [9.17, 15) is 0 Å². The molecule has 0 aliphatic carbocycles. The zero-order valence-electron chi connectivity index (χ0n) is 12.9. The Hall–Kier alpha value is -0.120. The Morgan fingerprint density at radius 1 is 1.22 bits per heavy atom. The number of unbranched alkanes of at least 4 members (excludes halogenated alkanes) is 2. The van der Waals surface area contributed by atoms with Crippen LogP contribution < -0.4 is 5.73 Å². The largest absolute Gasteiger partial charge is 0.329 e. The molecule has 3 nitrogen and oxygen atoms in total. The molecule has 0 aromatic carbocycles. The van der Waals surface area contributed by atoms with Gasteiger partial charge in [0, 0.05) is 18.1 Å². The molecule has 1 aliphatic rings. The molecule has 0 bridgehead atoms.